The number of aromatic nitrogens is 1. The summed E-state index contributed by atoms with van der Waals surface area (Å²) in [7, 11) is 0. The Labute approximate surface area is 177 Å². The van der Waals surface area contributed by atoms with Crippen molar-refractivity contribution in [2.24, 2.45) is 0 Å². The Morgan fingerprint density at radius 2 is 1.77 bits per heavy atom. The summed E-state index contributed by atoms with van der Waals surface area (Å²) in [6, 6.07) is 16.5. The fourth-order valence-corrected chi connectivity index (χ4v) is 3.70. The van der Waals surface area contributed by atoms with Gasteiger partial charge in [0.2, 0.25) is 0 Å². The number of thiazole rings is 1. The van der Waals surface area contributed by atoms with E-state index < -0.39 is 18.6 Å². The third kappa shape index (κ3) is 5.77. The number of carbonyl (C=O) groups is 3. The normalized spacial score (nSPS) is 10.4. The summed E-state index contributed by atoms with van der Waals surface area (Å²) in [6.07, 6.45) is 0. The molecule has 9 heteroatoms. The van der Waals surface area contributed by atoms with E-state index >= 15 is 0 Å². The van der Waals surface area contributed by atoms with Crippen LogP contribution in [-0.4, -0.2) is 42.6 Å². The minimum absolute atomic E-state index is 0.332. The summed E-state index contributed by atoms with van der Waals surface area (Å²) in [4.78, 5) is 42.0. The van der Waals surface area contributed by atoms with Gasteiger partial charge >= 0.3 is 12.0 Å². The Morgan fingerprint density at radius 1 is 1.03 bits per heavy atom. The molecule has 0 aliphatic carbocycles. The maximum atomic E-state index is 12.5. The minimum atomic E-state index is -0.696. The van der Waals surface area contributed by atoms with Gasteiger partial charge in [-0.3, -0.25) is 14.5 Å². The molecule has 8 nitrogen and oxygen atoms in total. The quantitative estimate of drug-likeness (QED) is 0.540. The number of amides is 3. The van der Waals surface area contributed by atoms with Crippen molar-refractivity contribution in [3.8, 4) is 0 Å². The third-order valence-electron chi connectivity index (χ3n) is 4.18. The highest BCUT2D eigenvalue weighted by atomic mass is 32.1. The number of benzene rings is 2. The summed E-state index contributed by atoms with van der Waals surface area (Å²) in [6.45, 7) is 1.81. The smallest absolute Gasteiger partial charge is 0.325 e. The Hall–Kier alpha value is -3.46. The molecule has 1 aromatic heterocycles. The van der Waals surface area contributed by atoms with E-state index in [9.17, 15) is 14.4 Å². The molecular formula is C21H22N4O4S. The van der Waals surface area contributed by atoms with E-state index in [2.05, 4.69) is 15.6 Å². The lowest BCUT2D eigenvalue weighted by Crippen LogP contribution is -2.40. The van der Waals surface area contributed by atoms with Crippen LogP contribution < -0.4 is 15.5 Å². The fraction of sp³-hybridized carbons (Fsp3) is 0.238. The second-order valence-corrected chi connectivity index (χ2v) is 7.29. The van der Waals surface area contributed by atoms with Gasteiger partial charge < -0.3 is 15.4 Å². The summed E-state index contributed by atoms with van der Waals surface area (Å²) < 4.78 is 5.97. The van der Waals surface area contributed by atoms with Crippen LogP contribution in [-0.2, 0) is 20.9 Å². The predicted molar refractivity (Wildman–Crippen MR) is 115 cm³/mol. The standard InChI is InChI=1S/C21H22N4O4S/c1-2-25(21-24-16-10-6-7-11-17(16)30-21)18(26)14-29-19(27)13-23-20(28)22-12-15-8-4-3-5-9-15/h3-11H,2,12-14H2,1H3,(H2,22,23,28). The molecule has 0 saturated carbocycles. The molecule has 0 aliphatic rings. The zero-order chi connectivity index (χ0) is 21.3. The number of ether oxygens (including phenoxy) is 1. The molecule has 3 aromatic rings. The van der Waals surface area contributed by atoms with Crippen LogP contribution >= 0.6 is 11.3 Å². The molecule has 0 aliphatic heterocycles. The van der Waals surface area contributed by atoms with Gasteiger partial charge in [-0.2, -0.15) is 0 Å². The van der Waals surface area contributed by atoms with E-state index in [1.165, 1.54) is 16.2 Å². The molecule has 30 heavy (non-hydrogen) atoms. The monoisotopic (exact) mass is 426 g/mol. The molecule has 0 atom stereocenters. The first kappa shape index (κ1) is 21.3. The highest BCUT2D eigenvalue weighted by molar-refractivity contribution is 7.22. The molecule has 3 amide bonds. The molecule has 0 unspecified atom stereocenters. The number of nitrogens with one attached hydrogen (secondary N) is 2. The summed E-state index contributed by atoms with van der Waals surface area (Å²) in [5.74, 6) is -1.07. The fourth-order valence-electron chi connectivity index (χ4n) is 2.66. The van der Waals surface area contributed by atoms with Crippen LogP contribution in [0, 0.1) is 0 Å². The highest BCUT2D eigenvalue weighted by Crippen LogP contribution is 2.28. The van der Waals surface area contributed by atoms with Crippen LogP contribution in [0.3, 0.4) is 0 Å². The van der Waals surface area contributed by atoms with Crippen LogP contribution in [0.15, 0.2) is 54.6 Å². The number of esters is 1. The first-order valence-corrected chi connectivity index (χ1v) is 10.3. The van der Waals surface area contributed by atoms with Crippen LogP contribution in [0.5, 0.6) is 0 Å². The van der Waals surface area contributed by atoms with E-state index in [0.29, 0.717) is 18.2 Å². The van der Waals surface area contributed by atoms with Gasteiger partial charge in [-0.15, -0.1) is 0 Å². The number of fused-ring (bicyclic) bond motifs is 1. The number of carbonyl (C=O) groups excluding carboxylic acids is 3. The maximum absolute atomic E-state index is 12.5. The summed E-state index contributed by atoms with van der Waals surface area (Å²) in [5, 5.41) is 5.60. The Morgan fingerprint density at radius 3 is 2.50 bits per heavy atom. The lowest BCUT2D eigenvalue weighted by Gasteiger charge is -2.17. The van der Waals surface area contributed by atoms with Crippen molar-refractivity contribution in [2.75, 3.05) is 24.6 Å². The number of nitrogens with zero attached hydrogens (tertiary/aromatic N) is 2. The Kier molecular flexibility index (Phi) is 7.34. The second kappa shape index (κ2) is 10.4. The van der Waals surface area contributed by atoms with Gasteiger partial charge in [-0.25, -0.2) is 9.78 Å². The molecular weight excluding hydrogens is 404 g/mol. The first-order valence-electron chi connectivity index (χ1n) is 9.44. The number of urea groups is 1. The average Bonchev–Trinajstić information content (AvgIpc) is 3.19. The Balaban J connectivity index is 1.42. The van der Waals surface area contributed by atoms with Gasteiger partial charge in [0, 0.05) is 13.1 Å². The van der Waals surface area contributed by atoms with Crippen molar-refractivity contribution in [2.45, 2.75) is 13.5 Å². The zero-order valence-corrected chi connectivity index (χ0v) is 17.3. The second-order valence-electron chi connectivity index (χ2n) is 6.28. The van der Waals surface area contributed by atoms with Gasteiger partial charge in [0.15, 0.2) is 11.7 Å². The molecule has 156 valence electrons. The van der Waals surface area contributed by atoms with Crippen molar-refractivity contribution < 1.29 is 19.1 Å². The van der Waals surface area contributed by atoms with Crippen molar-refractivity contribution in [3.05, 3.63) is 60.2 Å². The molecule has 0 radical (unpaired) electrons. The van der Waals surface area contributed by atoms with Crippen molar-refractivity contribution in [1.82, 2.24) is 15.6 Å². The average molecular weight is 426 g/mol. The SMILES string of the molecule is CCN(C(=O)COC(=O)CNC(=O)NCc1ccccc1)c1nc2ccccc2s1. The van der Waals surface area contributed by atoms with Crippen LogP contribution in [0.4, 0.5) is 9.93 Å². The number of likely N-dealkylation sites (N-methyl/N-ethyl adjacent to an activating group) is 1. The topological polar surface area (TPSA) is 101 Å². The number of rotatable bonds is 8. The highest BCUT2D eigenvalue weighted by Gasteiger charge is 2.19. The lowest BCUT2D eigenvalue weighted by molar-refractivity contribution is -0.146. The van der Waals surface area contributed by atoms with E-state index in [-0.39, 0.29) is 12.5 Å². The Bertz CT molecular complexity index is 989. The van der Waals surface area contributed by atoms with Crippen molar-refractivity contribution >= 4 is 44.6 Å². The molecule has 0 spiro atoms. The molecule has 2 N–H and O–H groups in total. The molecule has 3 rings (SSSR count). The number of anilines is 1. The van der Waals surface area contributed by atoms with Crippen molar-refractivity contribution in [1.29, 1.82) is 0 Å². The number of hydrogen-bond acceptors (Lipinski definition) is 6. The minimum Gasteiger partial charge on any atom is -0.454 e. The number of hydrogen-bond donors (Lipinski definition) is 2. The van der Waals surface area contributed by atoms with Crippen molar-refractivity contribution in [3.63, 3.8) is 0 Å². The van der Waals surface area contributed by atoms with Crippen LogP contribution in [0.25, 0.3) is 10.2 Å². The van der Waals surface area contributed by atoms with E-state index in [4.69, 9.17) is 4.74 Å². The van der Waals surface area contributed by atoms with Crippen LogP contribution in [0.1, 0.15) is 12.5 Å². The summed E-state index contributed by atoms with van der Waals surface area (Å²) in [5.41, 5.74) is 1.75. The van der Waals surface area contributed by atoms with Gasteiger partial charge in [0.05, 0.1) is 10.2 Å². The number of para-hydroxylation sites is 1. The van der Waals surface area contributed by atoms with E-state index in [0.717, 1.165) is 15.8 Å². The first-order chi connectivity index (χ1) is 14.6. The van der Waals surface area contributed by atoms with E-state index in [1.807, 2.05) is 61.5 Å². The molecule has 0 fully saturated rings. The van der Waals surface area contributed by atoms with Gasteiger partial charge in [-0.05, 0) is 24.6 Å². The van der Waals surface area contributed by atoms with E-state index in [1.54, 1.807) is 0 Å². The third-order valence-corrected chi connectivity index (χ3v) is 5.24. The predicted octanol–water partition coefficient (Wildman–Crippen LogP) is 2.69. The largest absolute Gasteiger partial charge is 0.454 e. The zero-order valence-electron chi connectivity index (χ0n) is 16.5. The van der Waals surface area contributed by atoms with Crippen LogP contribution in [0.2, 0.25) is 0 Å². The maximum Gasteiger partial charge on any atom is 0.325 e. The lowest BCUT2D eigenvalue weighted by atomic mass is 10.2. The van der Waals surface area contributed by atoms with Gasteiger partial charge in [-0.1, -0.05) is 53.8 Å². The molecule has 2 aromatic carbocycles. The molecule has 1 heterocycles. The van der Waals surface area contributed by atoms with Gasteiger partial charge in [0.1, 0.15) is 6.54 Å². The summed E-state index contributed by atoms with van der Waals surface area (Å²) >= 11 is 1.40. The molecule has 0 saturated heterocycles. The molecule has 0 bridgehead atoms. The van der Waals surface area contributed by atoms with Gasteiger partial charge in [0.25, 0.3) is 5.91 Å².